The van der Waals surface area contributed by atoms with Crippen LogP contribution in [0.25, 0.3) is 0 Å². The summed E-state index contributed by atoms with van der Waals surface area (Å²) in [6, 6.07) is 10.7. The summed E-state index contributed by atoms with van der Waals surface area (Å²) in [6.07, 6.45) is 7.64. The molecule has 0 aliphatic carbocycles. The highest BCUT2D eigenvalue weighted by Crippen LogP contribution is 2.34. The first-order valence-electron chi connectivity index (χ1n) is 15.3. The number of ether oxygens (including phenoxy) is 2. The van der Waals surface area contributed by atoms with Crippen LogP contribution in [0.3, 0.4) is 0 Å². The second kappa shape index (κ2) is 23.9. The van der Waals surface area contributed by atoms with Gasteiger partial charge in [0.25, 0.3) is 0 Å². The van der Waals surface area contributed by atoms with Gasteiger partial charge in [0.05, 0.1) is 13.2 Å². The summed E-state index contributed by atoms with van der Waals surface area (Å²) in [4.78, 5) is 55.0. The van der Waals surface area contributed by atoms with E-state index in [0.717, 1.165) is 58.0 Å². The van der Waals surface area contributed by atoms with Crippen molar-refractivity contribution in [2.75, 3.05) is 33.8 Å². The Morgan fingerprint density at radius 1 is 1.09 bits per heavy atom. The second-order valence-electron chi connectivity index (χ2n) is 11.8. The molecule has 2 saturated heterocycles. The fourth-order valence-electron chi connectivity index (χ4n) is 4.87. The molecule has 3 amide bonds. The zero-order valence-electron chi connectivity index (χ0n) is 28.4. The van der Waals surface area contributed by atoms with Crippen LogP contribution in [0.15, 0.2) is 30.3 Å². The van der Waals surface area contributed by atoms with Crippen molar-refractivity contribution in [2.45, 2.75) is 110 Å². The Hall–Kier alpha value is -3.47. The third-order valence-electron chi connectivity index (χ3n) is 6.85. The van der Waals surface area contributed by atoms with Gasteiger partial charge in [0, 0.05) is 25.0 Å². The number of carbonyl (C=O) groups excluding carboxylic acids is 5. The summed E-state index contributed by atoms with van der Waals surface area (Å²) in [6.45, 7) is 16.4. The molecule has 2 fully saturated rings. The standard InChI is InChI=1S/C18H26N2O.C8H17NO2.C5H10O2.CH3NO.CH2O/c1-18(14-15-8-4-3-5-9-15)11-7-13-20(18)17(21)16-10-6-12-19(16)2;1-5-6-9-7(10)11-8(2,3)4;1-3-4-5(6)7-2;2-1-3;1-2/h3-5,8-9,16H,6-7,10-14H2,1-2H3;5-6H2,1-4H3,(H,9,10);3-4H2,1-2H3;1H,(H2,2,3);1H2. The number of nitrogens with zero attached hydrogens (tertiary/aromatic N) is 2. The fourth-order valence-corrected chi connectivity index (χ4v) is 4.87. The monoisotopic (exact) mass is 622 g/mol. The molecule has 0 aromatic heterocycles. The summed E-state index contributed by atoms with van der Waals surface area (Å²) >= 11 is 0. The second-order valence-corrected chi connectivity index (χ2v) is 11.8. The van der Waals surface area contributed by atoms with E-state index in [4.69, 9.17) is 14.3 Å². The van der Waals surface area contributed by atoms with Crippen LogP contribution in [0.5, 0.6) is 0 Å². The third-order valence-corrected chi connectivity index (χ3v) is 6.85. The van der Waals surface area contributed by atoms with E-state index < -0.39 is 5.60 Å². The Bertz CT molecular complexity index is 940. The van der Waals surface area contributed by atoms with Gasteiger partial charge in [-0.3, -0.25) is 19.3 Å². The number of hydrogen-bond donors (Lipinski definition) is 2. The van der Waals surface area contributed by atoms with Gasteiger partial charge in [0.15, 0.2) is 0 Å². The lowest BCUT2D eigenvalue weighted by atomic mass is 9.89. The Morgan fingerprint density at radius 3 is 2.11 bits per heavy atom. The van der Waals surface area contributed by atoms with Gasteiger partial charge >= 0.3 is 12.1 Å². The van der Waals surface area contributed by atoms with Gasteiger partial charge in [0.2, 0.25) is 12.3 Å². The number of nitrogens with one attached hydrogen (secondary N) is 1. The van der Waals surface area contributed by atoms with Crippen molar-refractivity contribution in [3.05, 3.63) is 35.9 Å². The smallest absolute Gasteiger partial charge is 0.407 e. The van der Waals surface area contributed by atoms with Crippen molar-refractivity contribution in [3.63, 3.8) is 0 Å². The largest absolute Gasteiger partial charge is 0.469 e. The lowest BCUT2D eigenvalue weighted by Gasteiger charge is -2.38. The summed E-state index contributed by atoms with van der Waals surface area (Å²) in [5.74, 6) is 0.230. The van der Waals surface area contributed by atoms with Gasteiger partial charge in [-0.25, -0.2) is 4.79 Å². The molecular formula is C33H58N4O7. The first-order chi connectivity index (χ1) is 20.8. The molecule has 2 heterocycles. The maximum absolute atomic E-state index is 12.9. The minimum atomic E-state index is -0.391. The zero-order chi connectivity index (χ0) is 34.2. The maximum Gasteiger partial charge on any atom is 0.407 e. The number of nitrogens with two attached hydrogens (primary N) is 1. The topological polar surface area (TPSA) is 148 Å². The van der Waals surface area contributed by atoms with E-state index in [1.54, 1.807) is 0 Å². The molecule has 2 aliphatic rings. The number of rotatable bonds is 7. The molecule has 2 atom stereocenters. The Balaban J connectivity index is 0. The molecule has 1 aromatic carbocycles. The van der Waals surface area contributed by atoms with Gasteiger partial charge in [-0.05, 0) is 91.8 Å². The zero-order valence-corrected chi connectivity index (χ0v) is 28.4. The summed E-state index contributed by atoms with van der Waals surface area (Å²) in [7, 11) is 3.48. The Morgan fingerprint density at radius 2 is 1.68 bits per heavy atom. The number of esters is 1. The van der Waals surface area contributed by atoms with Gasteiger partial charge < -0.3 is 30.2 Å². The average Bonchev–Trinajstić information content (AvgIpc) is 3.58. The molecule has 11 nitrogen and oxygen atoms in total. The molecule has 0 bridgehead atoms. The first-order valence-corrected chi connectivity index (χ1v) is 15.3. The molecule has 3 N–H and O–H groups in total. The first kappa shape index (κ1) is 42.7. The molecule has 1 aromatic rings. The number of methoxy groups -OCH3 is 1. The quantitative estimate of drug-likeness (QED) is 0.334. The molecule has 2 unspecified atom stereocenters. The van der Waals surface area contributed by atoms with Crippen molar-refractivity contribution in [2.24, 2.45) is 5.73 Å². The average molecular weight is 623 g/mol. The van der Waals surface area contributed by atoms with Crippen molar-refractivity contribution in [1.82, 2.24) is 15.1 Å². The molecule has 0 radical (unpaired) electrons. The van der Waals surface area contributed by atoms with Crippen LogP contribution in [-0.2, 0) is 35.1 Å². The van der Waals surface area contributed by atoms with Crippen molar-refractivity contribution >= 4 is 31.2 Å². The normalized spacial score (nSPS) is 18.7. The van der Waals surface area contributed by atoms with Gasteiger partial charge in [-0.2, -0.15) is 0 Å². The minimum Gasteiger partial charge on any atom is -0.469 e. The third kappa shape index (κ3) is 18.3. The fraction of sp³-hybridized carbons (Fsp3) is 0.667. The van der Waals surface area contributed by atoms with Crippen LogP contribution in [-0.4, -0.2) is 91.9 Å². The Labute approximate surface area is 265 Å². The number of carbonyl (C=O) groups is 5. The van der Waals surface area contributed by atoms with Crippen LogP contribution in [0, 0.1) is 0 Å². The van der Waals surface area contributed by atoms with Crippen molar-refractivity contribution in [3.8, 4) is 0 Å². The highest BCUT2D eigenvalue weighted by molar-refractivity contribution is 5.83. The number of hydrogen-bond acceptors (Lipinski definition) is 8. The van der Waals surface area contributed by atoms with E-state index >= 15 is 0 Å². The van der Waals surface area contributed by atoms with Gasteiger partial charge in [0.1, 0.15) is 12.4 Å². The predicted molar refractivity (Wildman–Crippen MR) is 174 cm³/mol. The number of primary amides is 1. The van der Waals surface area contributed by atoms with Crippen LogP contribution >= 0.6 is 0 Å². The van der Waals surface area contributed by atoms with E-state index in [1.165, 1.54) is 12.7 Å². The van der Waals surface area contributed by atoms with E-state index in [2.05, 4.69) is 69.9 Å². The van der Waals surface area contributed by atoms with E-state index in [0.29, 0.717) is 18.9 Å². The highest BCUT2D eigenvalue weighted by atomic mass is 16.6. The minimum absolute atomic E-state index is 0.0120. The molecule has 11 heteroatoms. The predicted octanol–water partition coefficient (Wildman–Crippen LogP) is 4.50. The number of likely N-dealkylation sites (N-methyl/N-ethyl adjacent to an activating group) is 1. The van der Waals surface area contributed by atoms with E-state index in [9.17, 15) is 14.4 Å². The van der Waals surface area contributed by atoms with E-state index in [-0.39, 0.29) is 30.1 Å². The molecule has 0 spiro atoms. The number of amides is 3. The van der Waals surface area contributed by atoms with Gasteiger partial charge in [-0.15, -0.1) is 0 Å². The molecule has 44 heavy (non-hydrogen) atoms. The molecule has 2 aliphatic heterocycles. The van der Waals surface area contributed by atoms with Crippen molar-refractivity contribution in [1.29, 1.82) is 0 Å². The molecule has 0 saturated carbocycles. The van der Waals surface area contributed by atoms with Gasteiger partial charge in [-0.1, -0.05) is 44.2 Å². The summed E-state index contributed by atoms with van der Waals surface area (Å²) in [5, 5.41) is 2.63. The number of alkyl carbamates (subject to hydrolysis) is 1. The molecule has 3 rings (SSSR count). The lowest BCUT2D eigenvalue weighted by Crippen LogP contribution is -2.52. The molecule has 252 valence electrons. The van der Waals surface area contributed by atoms with Crippen LogP contribution in [0.1, 0.15) is 92.1 Å². The van der Waals surface area contributed by atoms with Crippen LogP contribution < -0.4 is 11.1 Å². The molecular weight excluding hydrogens is 564 g/mol. The number of benzene rings is 1. The Kier molecular flexibility index (Phi) is 23.2. The summed E-state index contributed by atoms with van der Waals surface area (Å²) in [5.41, 5.74) is 5.10. The number of likely N-dealkylation sites (tertiary alicyclic amines) is 2. The highest BCUT2D eigenvalue weighted by Gasteiger charge is 2.43. The summed E-state index contributed by atoms with van der Waals surface area (Å²) < 4.78 is 9.34. The maximum atomic E-state index is 12.9. The van der Waals surface area contributed by atoms with Crippen LogP contribution in [0.2, 0.25) is 0 Å². The van der Waals surface area contributed by atoms with Crippen LogP contribution in [0.4, 0.5) is 4.79 Å². The SMILES string of the molecule is C=O.CCCC(=O)OC.CCCNC(=O)OC(C)(C)C.CN1CCCC1C(=O)N1CCCC1(C)Cc1ccccc1.NC=O. The lowest BCUT2D eigenvalue weighted by molar-refractivity contribution is -0.141. The van der Waals surface area contributed by atoms with E-state index in [1.807, 2.05) is 41.4 Å². The van der Waals surface area contributed by atoms with Crippen molar-refractivity contribution < 1.29 is 33.4 Å².